The summed E-state index contributed by atoms with van der Waals surface area (Å²) in [5.41, 5.74) is 0. The van der Waals surface area contributed by atoms with E-state index in [1.807, 2.05) is 0 Å². The van der Waals surface area contributed by atoms with Crippen molar-refractivity contribution in [2.75, 3.05) is 13.2 Å². The largest absolute Gasteiger partial charge is 0.352 e. The molecule has 3 rings (SSSR count). The van der Waals surface area contributed by atoms with Crippen LogP contribution in [0, 0.1) is 29.6 Å². The van der Waals surface area contributed by atoms with Crippen LogP contribution in [0.4, 0.5) is 8.78 Å². The molecule has 0 amide bonds. The Hall–Kier alpha value is -1.00. The minimum Gasteiger partial charge on any atom is -0.352 e. The third kappa shape index (κ3) is 6.53. The fourth-order valence-electron chi connectivity index (χ4n) is 4.81. The third-order valence-corrected chi connectivity index (χ3v) is 6.45. The molecular formula is C23H34F2O2. The van der Waals surface area contributed by atoms with Crippen molar-refractivity contribution in [3.8, 4) is 0 Å². The fraction of sp³-hybridized carbons (Fsp3) is 0.739. The topological polar surface area (TPSA) is 18.5 Å². The van der Waals surface area contributed by atoms with Gasteiger partial charge in [-0.3, -0.25) is 0 Å². The first-order valence-electron chi connectivity index (χ1n) is 10.7. The standard InChI is InChI=1S/C23H34F2O2/c1-2-3-17-4-6-18(7-5-17)8-9-19-10-12-21(13-11-19)23-26-15-20(16-27-23)14-22(24)25/h2-3,8-9,14,17-21,23H,4-7,10-13,15-16H2,1H3/b3-2+,9-8+. The predicted molar refractivity (Wildman–Crippen MR) is 104 cm³/mol. The highest BCUT2D eigenvalue weighted by Gasteiger charge is 2.32. The second-order valence-electron chi connectivity index (χ2n) is 8.51. The summed E-state index contributed by atoms with van der Waals surface area (Å²) in [6, 6.07) is 0. The summed E-state index contributed by atoms with van der Waals surface area (Å²) in [4.78, 5) is 0. The second kappa shape index (κ2) is 10.5. The molecule has 3 fully saturated rings. The van der Waals surface area contributed by atoms with Crippen molar-refractivity contribution in [3.05, 3.63) is 36.5 Å². The van der Waals surface area contributed by atoms with Crippen LogP contribution in [0.5, 0.6) is 0 Å². The fourth-order valence-corrected chi connectivity index (χ4v) is 4.81. The number of ether oxygens (including phenoxy) is 2. The van der Waals surface area contributed by atoms with Crippen molar-refractivity contribution in [2.24, 2.45) is 29.6 Å². The van der Waals surface area contributed by atoms with Gasteiger partial charge < -0.3 is 9.47 Å². The maximum atomic E-state index is 12.3. The summed E-state index contributed by atoms with van der Waals surface area (Å²) >= 11 is 0. The van der Waals surface area contributed by atoms with Crippen LogP contribution in [-0.2, 0) is 9.47 Å². The molecule has 0 aromatic rings. The smallest absolute Gasteiger partial charge is 0.266 e. The summed E-state index contributed by atoms with van der Waals surface area (Å²) in [6.07, 6.45) is 18.4. The van der Waals surface area contributed by atoms with E-state index in [1.54, 1.807) is 0 Å². The Labute approximate surface area is 162 Å². The van der Waals surface area contributed by atoms with E-state index in [2.05, 4.69) is 31.2 Å². The molecule has 1 saturated heterocycles. The maximum Gasteiger partial charge on any atom is 0.266 e. The molecule has 4 heteroatoms. The van der Waals surface area contributed by atoms with Gasteiger partial charge in [0, 0.05) is 11.8 Å². The van der Waals surface area contributed by atoms with E-state index in [1.165, 1.54) is 38.5 Å². The quantitative estimate of drug-likeness (QED) is 0.507. The molecule has 0 aromatic carbocycles. The van der Waals surface area contributed by atoms with Gasteiger partial charge in [0.05, 0.1) is 13.2 Å². The molecule has 1 aliphatic heterocycles. The van der Waals surface area contributed by atoms with Crippen LogP contribution < -0.4 is 0 Å². The monoisotopic (exact) mass is 380 g/mol. The van der Waals surface area contributed by atoms with Crippen molar-refractivity contribution in [1.29, 1.82) is 0 Å². The van der Waals surface area contributed by atoms with E-state index in [4.69, 9.17) is 9.47 Å². The van der Waals surface area contributed by atoms with Crippen molar-refractivity contribution in [1.82, 2.24) is 0 Å². The summed E-state index contributed by atoms with van der Waals surface area (Å²) in [7, 11) is 0. The van der Waals surface area contributed by atoms with Crippen LogP contribution in [-0.4, -0.2) is 19.5 Å². The summed E-state index contributed by atoms with van der Waals surface area (Å²) in [5.74, 6) is 2.33. The van der Waals surface area contributed by atoms with Crippen LogP contribution in [0.2, 0.25) is 0 Å². The van der Waals surface area contributed by atoms with E-state index in [-0.39, 0.29) is 12.2 Å². The average molecular weight is 381 g/mol. The maximum absolute atomic E-state index is 12.3. The minimum atomic E-state index is -1.65. The third-order valence-electron chi connectivity index (χ3n) is 6.45. The summed E-state index contributed by atoms with van der Waals surface area (Å²) in [6.45, 7) is 2.81. The van der Waals surface area contributed by atoms with Gasteiger partial charge in [0.2, 0.25) is 0 Å². The zero-order chi connectivity index (χ0) is 19.1. The summed E-state index contributed by atoms with van der Waals surface area (Å²) < 4.78 is 36.1. The van der Waals surface area contributed by atoms with Gasteiger partial charge in [-0.25, -0.2) is 0 Å². The molecule has 27 heavy (non-hydrogen) atoms. The van der Waals surface area contributed by atoms with E-state index in [9.17, 15) is 8.78 Å². The number of allylic oxidation sites excluding steroid dienone is 4. The Morgan fingerprint density at radius 1 is 0.704 bits per heavy atom. The lowest BCUT2D eigenvalue weighted by Crippen LogP contribution is -2.38. The van der Waals surface area contributed by atoms with Crippen LogP contribution in [0.3, 0.4) is 0 Å². The summed E-state index contributed by atoms with van der Waals surface area (Å²) in [5, 5.41) is 0. The molecule has 3 aliphatic rings. The van der Waals surface area contributed by atoms with Gasteiger partial charge in [-0.2, -0.15) is 8.78 Å². The molecule has 0 radical (unpaired) electrons. The van der Waals surface area contributed by atoms with E-state index < -0.39 is 6.08 Å². The highest BCUT2D eigenvalue weighted by atomic mass is 19.3. The van der Waals surface area contributed by atoms with E-state index in [0.29, 0.717) is 25.0 Å². The van der Waals surface area contributed by atoms with Gasteiger partial charge in [0.15, 0.2) is 6.29 Å². The number of halogens is 2. The Morgan fingerprint density at radius 3 is 1.67 bits per heavy atom. The van der Waals surface area contributed by atoms with E-state index >= 15 is 0 Å². The highest BCUT2D eigenvalue weighted by molar-refractivity contribution is 4.98. The van der Waals surface area contributed by atoms with Crippen LogP contribution in [0.15, 0.2) is 36.5 Å². The molecule has 0 N–H and O–H groups in total. The molecule has 2 nitrogen and oxygen atoms in total. The molecular weight excluding hydrogens is 346 g/mol. The van der Waals surface area contributed by atoms with Gasteiger partial charge in [0.1, 0.15) is 0 Å². The van der Waals surface area contributed by atoms with Crippen molar-refractivity contribution >= 4 is 0 Å². The molecule has 0 unspecified atom stereocenters. The van der Waals surface area contributed by atoms with Crippen molar-refractivity contribution < 1.29 is 18.3 Å². The van der Waals surface area contributed by atoms with Gasteiger partial charge in [0.25, 0.3) is 6.08 Å². The lowest BCUT2D eigenvalue weighted by molar-refractivity contribution is -0.222. The normalized spacial score (nSPS) is 38.3. The predicted octanol–water partition coefficient (Wildman–Crippen LogP) is 6.50. The zero-order valence-electron chi connectivity index (χ0n) is 16.5. The second-order valence-corrected chi connectivity index (χ2v) is 8.51. The van der Waals surface area contributed by atoms with Crippen LogP contribution in [0.25, 0.3) is 0 Å². The Bertz CT molecular complexity index is 514. The van der Waals surface area contributed by atoms with Gasteiger partial charge in [-0.15, -0.1) is 0 Å². The molecule has 0 atom stereocenters. The number of hydrogen-bond acceptors (Lipinski definition) is 2. The van der Waals surface area contributed by atoms with Gasteiger partial charge in [-0.05, 0) is 82.1 Å². The molecule has 2 saturated carbocycles. The zero-order valence-corrected chi connectivity index (χ0v) is 16.5. The first-order valence-corrected chi connectivity index (χ1v) is 10.7. The molecule has 152 valence electrons. The lowest BCUT2D eigenvalue weighted by Gasteiger charge is -2.36. The molecule has 0 aromatic heterocycles. The number of hydrogen-bond donors (Lipinski definition) is 0. The molecule has 2 aliphatic carbocycles. The van der Waals surface area contributed by atoms with Gasteiger partial charge >= 0.3 is 0 Å². The number of rotatable bonds is 5. The van der Waals surface area contributed by atoms with Crippen LogP contribution in [0.1, 0.15) is 58.3 Å². The highest BCUT2D eigenvalue weighted by Crippen LogP contribution is 2.36. The first kappa shape index (κ1) is 20.7. The molecule has 1 heterocycles. The average Bonchev–Trinajstić information content (AvgIpc) is 2.68. The lowest BCUT2D eigenvalue weighted by atomic mass is 9.79. The Kier molecular flexibility index (Phi) is 8.07. The Morgan fingerprint density at radius 2 is 1.19 bits per heavy atom. The molecule has 0 bridgehead atoms. The van der Waals surface area contributed by atoms with Gasteiger partial charge in [-0.1, -0.05) is 24.3 Å². The van der Waals surface area contributed by atoms with Crippen LogP contribution >= 0.6 is 0 Å². The van der Waals surface area contributed by atoms with Crippen molar-refractivity contribution in [3.63, 3.8) is 0 Å². The first-order chi connectivity index (χ1) is 13.1. The minimum absolute atomic E-state index is 0.204. The Balaban J connectivity index is 1.35. The van der Waals surface area contributed by atoms with Crippen molar-refractivity contribution in [2.45, 2.75) is 64.6 Å². The SMILES string of the molecule is C/C=C/C1CCC(/C=C/C2CCC(C3OCC(C=C(F)F)CO3)CC2)CC1. The van der Waals surface area contributed by atoms with E-state index in [0.717, 1.165) is 30.8 Å². The molecule has 0 spiro atoms.